The van der Waals surface area contributed by atoms with E-state index < -0.39 is 15.8 Å². The molecule has 1 aromatic heterocycles. The van der Waals surface area contributed by atoms with Crippen molar-refractivity contribution in [3.05, 3.63) is 57.0 Å². The van der Waals surface area contributed by atoms with Crippen LogP contribution in [0.3, 0.4) is 0 Å². The minimum atomic E-state index is -3.90. The fraction of sp³-hybridized carbons (Fsp3) is 0.176. The lowest BCUT2D eigenvalue weighted by Crippen LogP contribution is -2.18. The maximum atomic E-state index is 12.3. The Bertz CT molecular complexity index is 1150. The van der Waals surface area contributed by atoms with Crippen molar-refractivity contribution in [1.82, 2.24) is 9.82 Å². The largest absolute Gasteiger partial charge is 0.492 e. The highest BCUT2D eigenvalue weighted by molar-refractivity contribution is 9.10. The second-order valence-corrected chi connectivity index (χ2v) is 8.08. The van der Waals surface area contributed by atoms with Gasteiger partial charge in [-0.15, -0.1) is 0 Å². The maximum absolute atomic E-state index is 12.3. The minimum absolute atomic E-state index is 0.0700. The van der Waals surface area contributed by atoms with Crippen molar-refractivity contribution in [2.75, 3.05) is 6.61 Å². The molecule has 0 amide bonds. The topological polar surface area (TPSA) is 114 Å². The second kappa shape index (κ2) is 7.97. The Labute approximate surface area is 163 Å². The Balaban J connectivity index is 1.73. The van der Waals surface area contributed by atoms with Crippen LogP contribution in [0.2, 0.25) is 0 Å². The molecule has 3 aromatic rings. The first kappa shape index (κ1) is 19.2. The Morgan fingerprint density at radius 3 is 2.85 bits per heavy atom. The molecular formula is C17H16BrN3O5S. The minimum Gasteiger partial charge on any atom is -0.492 e. The molecule has 0 atom stereocenters. The first-order chi connectivity index (χ1) is 12.9. The van der Waals surface area contributed by atoms with Gasteiger partial charge in [0.2, 0.25) is 0 Å². The lowest BCUT2D eigenvalue weighted by atomic mass is 10.2. The number of hydrogen-bond donors (Lipinski definition) is 2. The molecule has 0 aliphatic rings. The summed E-state index contributed by atoms with van der Waals surface area (Å²) >= 11 is 3.41. The van der Waals surface area contributed by atoms with Crippen LogP contribution in [0.1, 0.15) is 18.9 Å². The molecule has 10 heteroatoms. The first-order valence-electron chi connectivity index (χ1n) is 7.99. The molecule has 2 aromatic carbocycles. The summed E-state index contributed by atoms with van der Waals surface area (Å²) in [5.41, 5.74) is 1.25. The van der Waals surface area contributed by atoms with E-state index in [1.807, 2.05) is 6.92 Å². The van der Waals surface area contributed by atoms with Crippen LogP contribution in [-0.4, -0.2) is 26.2 Å². The van der Waals surface area contributed by atoms with Gasteiger partial charge in [0.15, 0.2) is 5.58 Å². The molecule has 1 heterocycles. The van der Waals surface area contributed by atoms with Crippen LogP contribution in [0.15, 0.2) is 60.1 Å². The van der Waals surface area contributed by atoms with Crippen molar-refractivity contribution < 1.29 is 17.6 Å². The van der Waals surface area contributed by atoms with Crippen molar-refractivity contribution >= 4 is 43.3 Å². The number of halogens is 1. The number of hydrazone groups is 1. The number of nitrogens with one attached hydrogen (secondary N) is 2. The quantitative estimate of drug-likeness (QED) is 0.421. The molecule has 0 saturated carbocycles. The van der Waals surface area contributed by atoms with E-state index in [1.54, 1.807) is 18.2 Å². The van der Waals surface area contributed by atoms with Crippen molar-refractivity contribution in [3.8, 4) is 5.75 Å². The standard InChI is InChI=1S/C17H16BrN3O5S/c1-2-7-25-15-6-3-11(8-13(15)18)10-19-21-27(23,24)12-4-5-14-16(9-12)26-17(22)20-14/h3-6,8-10,21H,2,7H2,1H3,(H,20,22)/b19-10+. The van der Waals surface area contributed by atoms with Crippen LogP contribution < -0.4 is 15.3 Å². The lowest BCUT2D eigenvalue weighted by molar-refractivity contribution is 0.315. The molecule has 142 valence electrons. The zero-order valence-electron chi connectivity index (χ0n) is 14.2. The van der Waals surface area contributed by atoms with Gasteiger partial charge in [0.05, 0.1) is 27.7 Å². The summed E-state index contributed by atoms with van der Waals surface area (Å²) in [6, 6.07) is 9.35. The number of aromatic nitrogens is 1. The van der Waals surface area contributed by atoms with Gasteiger partial charge >= 0.3 is 5.76 Å². The molecule has 0 unspecified atom stereocenters. The SMILES string of the molecule is CCCOc1ccc(/C=N/NS(=O)(=O)c2ccc3[nH]c(=O)oc3c2)cc1Br. The molecule has 0 fully saturated rings. The fourth-order valence-corrected chi connectivity index (χ4v) is 3.56. The van der Waals surface area contributed by atoms with Gasteiger partial charge in [-0.05, 0) is 58.2 Å². The number of nitrogens with zero attached hydrogens (tertiary/aromatic N) is 1. The molecule has 0 radical (unpaired) electrons. The molecule has 0 spiro atoms. The molecule has 8 nitrogen and oxygen atoms in total. The van der Waals surface area contributed by atoms with Crippen LogP contribution in [0.5, 0.6) is 5.75 Å². The monoisotopic (exact) mass is 453 g/mol. The Kier molecular flexibility index (Phi) is 5.66. The van der Waals surface area contributed by atoms with Gasteiger partial charge in [-0.2, -0.15) is 13.5 Å². The van der Waals surface area contributed by atoms with Gasteiger partial charge < -0.3 is 9.15 Å². The molecule has 3 rings (SSSR count). The molecule has 0 bridgehead atoms. The van der Waals surface area contributed by atoms with E-state index in [4.69, 9.17) is 9.15 Å². The maximum Gasteiger partial charge on any atom is 0.417 e. The van der Waals surface area contributed by atoms with E-state index in [-0.39, 0.29) is 10.5 Å². The summed E-state index contributed by atoms with van der Waals surface area (Å²) in [6.45, 7) is 2.62. The number of rotatable bonds is 7. The van der Waals surface area contributed by atoms with Crippen LogP contribution >= 0.6 is 15.9 Å². The van der Waals surface area contributed by atoms with Gasteiger partial charge in [0.25, 0.3) is 10.0 Å². The molecule has 27 heavy (non-hydrogen) atoms. The molecule has 0 saturated heterocycles. The van der Waals surface area contributed by atoms with Crippen LogP contribution in [0.25, 0.3) is 11.1 Å². The van der Waals surface area contributed by atoms with Crippen molar-refractivity contribution in [1.29, 1.82) is 0 Å². The van der Waals surface area contributed by atoms with Gasteiger partial charge in [-0.1, -0.05) is 6.92 Å². The van der Waals surface area contributed by atoms with E-state index in [1.165, 1.54) is 24.4 Å². The van der Waals surface area contributed by atoms with Gasteiger partial charge in [-0.3, -0.25) is 4.98 Å². The van der Waals surface area contributed by atoms with Gasteiger partial charge in [0, 0.05) is 6.07 Å². The summed E-state index contributed by atoms with van der Waals surface area (Å²) in [6.07, 6.45) is 2.27. The highest BCUT2D eigenvalue weighted by Gasteiger charge is 2.15. The zero-order chi connectivity index (χ0) is 19.4. The number of hydrogen-bond acceptors (Lipinski definition) is 6. The number of oxazole rings is 1. The van der Waals surface area contributed by atoms with Crippen molar-refractivity contribution in [2.24, 2.45) is 5.10 Å². The van der Waals surface area contributed by atoms with Crippen LogP contribution in [-0.2, 0) is 10.0 Å². The summed E-state index contributed by atoms with van der Waals surface area (Å²) in [4.78, 5) is 15.7. The summed E-state index contributed by atoms with van der Waals surface area (Å²) in [7, 11) is -3.90. The number of aromatic amines is 1. The molecular weight excluding hydrogens is 438 g/mol. The number of ether oxygens (including phenoxy) is 1. The van der Waals surface area contributed by atoms with E-state index in [0.717, 1.165) is 10.9 Å². The number of sulfonamides is 1. The predicted molar refractivity (Wildman–Crippen MR) is 105 cm³/mol. The normalized spacial score (nSPS) is 11.9. The summed E-state index contributed by atoms with van der Waals surface area (Å²) < 4.78 is 35.8. The fourth-order valence-electron chi connectivity index (χ4n) is 2.24. The van der Waals surface area contributed by atoms with Gasteiger partial charge in [0.1, 0.15) is 5.75 Å². The van der Waals surface area contributed by atoms with Crippen LogP contribution in [0.4, 0.5) is 0 Å². The van der Waals surface area contributed by atoms with Crippen molar-refractivity contribution in [2.45, 2.75) is 18.2 Å². The average Bonchev–Trinajstić information content (AvgIpc) is 3.00. The molecule has 0 aliphatic heterocycles. The third kappa shape index (κ3) is 4.58. The van der Waals surface area contributed by atoms with E-state index in [9.17, 15) is 13.2 Å². The number of fused-ring (bicyclic) bond motifs is 1. The van der Waals surface area contributed by atoms with E-state index >= 15 is 0 Å². The Hall–Kier alpha value is -2.59. The Morgan fingerprint density at radius 1 is 1.30 bits per heavy atom. The summed E-state index contributed by atoms with van der Waals surface area (Å²) in [5.74, 6) is 0.0540. The molecule has 2 N–H and O–H groups in total. The average molecular weight is 454 g/mol. The third-order valence-corrected chi connectivity index (χ3v) is 5.35. The first-order valence-corrected chi connectivity index (χ1v) is 10.3. The summed E-state index contributed by atoms with van der Waals surface area (Å²) in [5, 5.41) is 3.78. The van der Waals surface area contributed by atoms with Gasteiger partial charge in [-0.25, -0.2) is 9.63 Å². The lowest BCUT2D eigenvalue weighted by Gasteiger charge is -2.07. The Morgan fingerprint density at radius 2 is 2.11 bits per heavy atom. The van der Waals surface area contributed by atoms with Crippen LogP contribution in [0, 0.1) is 0 Å². The highest BCUT2D eigenvalue weighted by Crippen LogP contribution is 2.25. The molecule has 0 aliphatic carbocycles. The smallest absolute Gasteiger partial charge is 0.417 e. The third-order valence-electron chi connectivity index (χ3n) is 3.51. The second-order valence-electron chi connectivity index (χ2n) is 5.56. The zero-order valence-corrected chi connectivity index (χ0v) is 16.6. The van der Waals surface area contributed by atoms with E-state index in [0.29, 0.717) is 23.4 Å². The highest BCUT2D eigenvalue weighted by atomic mass is 79.9. The number of H-pyrrole nitrogens is 1. The number of benzene rings is 2. The van der Waals surface area contributed by atoms with Crippen molar-refractivity contribution in [3.63, 3.8) is 0 Å². The van der Waals surface area contributed by atoms with E-state index in [2.05, 4.69) is 30.8 Å². The predicted octanol–water partition coefficient (Wildman–Crippen LogP) is 2.98.